The van der Waals surface area contributed by atoms with E-state index in [4.69, 9.17) is 4.74 Å². The molecule has 0 unspecified atom stereocenters. The number of benzene rings is 1. The Morgan fingerprint density at radius 2 is 2.11 bits per heavy atom. The van der Waals surface area contributed by atoms with E-state index in [0.717, 1.165) is 23.3 Å². The van der Waals surface area contributed by atoms with Gasteiger partial charge in [-0.1, -0.05) is 26.0 Å². The third kappa shape index (κ3) is 6.98. The van der Waals surface area contributed by atoms with Gasteiger partial charge in [0.1, 0.15) is 5.75 Å². The molecule has 1 aromatic carbocycles. The summed E-state index contributed by atoms with van der Waals surface area (Å²) in [6.45, 7) is 9.29. The molecule has 1 aliphatic heterocycles. The third-order valence-electron chi connectivity index (χ3n) is 4.70. The van der Waals surface area contributed by atoms with Gasteiger partial charge in [0.2, 0.25) is 10.0 Å². The van der Waals surface area contributed by atoms with Gasteiger partial charge in [0.25, 0.3) is 0 Å². The van der Waals surface area contributed by atoms with Gasteiger partial charge in [-0.15, -0.1) is 0 Å². The standard InChI is InChI=1S/C20H34N4O3S/c1-16(2)8-12-27-19-14-17(3)6-7-18(19)15-23-20(21-4)22-9-11-24-10-5-13-28(24,25)26/h6-7,14,16H,5,8-13,15H2,1-4H3,(H2,21,22,23). The molecule has 0 aromatic heterocycles. The summed E-state index contributed by atoms with van der Waals surface area (Å²) in [6, 6.07) is 6.20. The van der Waals surface area contributed by atoms with Crippen LogP contribution in [0.5, 0.6) is 5.75 Å². The molecule has 2 N–H and O–H groups in total. The van der Waals surface area contributed by atoms with Crippen LogP contribution < -0.4 is 15.4 Å². The van der Waals surface area contributed by atoms with Crippen molar-refractivity contribution < 1.29 is 13.2 Å². The predicted octanol–water partition coefficient (Wildman–Crippen LogP) is 2.12. The summed E-state index contributed by atoms with van der Waals surface area (Å²) in [7, 11) is -1.35. The number of hydrogen-bond acceptors (Lipinski definition) is 4. The van der Waals surface area contributed by atoms with E-state index in [-0.39, 0.29) is 5.75 Å². The van der Waals surface area contributed by atoms with Crippen molar-refractivity contribution in [3.63, 3.8) is 0 Å². The molecule has 158 valence electrons. The van der Waals surface area contributed by atoms with Crippen molar-refractivity contribution in [1.82, 2.24) is 14.9 Å². The second-order valence-corrected chi connectivity index (χ2v) is 9.65. The van der Waals surface area contributed by atoms with E-state index >= 15 is 0 Å². The molecule has 1 saturated heterocycles. The molecule has 0 bridgehead atoms. The van der Waals surface area contributed by atoms with Gasteiger partial charge in [0.05, 0.1) is 12.4 Å². The number of nitrogens with zero attached hydrogens (tertiary/aromatic N) is 2. The number of sulfonamides is 1. The number of nitrogens with one attached hydrogen (secondary N) is 2. The normalized spacial score (nSPS) is 17.1. The molecule has 0 atom stereocenters. The minimum absolute atomic E-state index is 0.257. The van der Waals surface area contributed by atoms with Crippen LogP contribution in [0.25, 0.3) is 0 Å². The molecule has 0 spiro atoms. The molecule has 8 heteroatoms. The van der Waals surface area contributed by atoms with Crippen LogP contribution in [0.2, 0.25) is 0 Å². The van der Waals surface area contributed by atoms with Crippen LogP contribution in [0.4, 0.5) is 0 Å². The molecule has 28 heavy (non-hydrogen) atoms. The molecular formula is C20H34N4O3S. The maximum Gasteiger partial charge on any atom is 0.214 e. The summed E-state index contributed by atoms with van der Waals surface area (Å²) in [5.74, 6) is 2.40. The van der Waals surface area contributed by atoms with E-state index in [1.54, 1.807) is 7.05 Å². The van der Waals surface area contributed by atoms with E-state index in [1.807, 2.05) is 0 Å². The van der Waals surface area contributed by atoms with E-state index in [1.165, 1.54) is 4.31 Å². The highest BCUT2D eigenvalue weighted by Crippen LogP contribution is 2.21. The first-order chi connectivity index (χ1) is 13.3. The molecule has 1 heterocycles. The third-order valence-corrected chi connectivity index (χ3v) is 6.66. The number of rotatable bonds is 9. The Morgan fingerprint density at radius 3 is 2.75 bits per heavy atom. The molecule has 0 saturated carbocycles. The second kappa shape index (κ2) is 10.7. The van der Waals surface area contributed by atoms with Crippen molar-refractivity contribution in [3.8, 4) is 5.75 Å². The second-order valence-electron chi connectivity index (χ2n) is 7.56. The minimum atomic E-state index is -3.06. The number of guanidine groups is 1. The fourth-order valence-corrected chi connectivity index (χ4v) is 4.52. The van der Waals surface area contributed by atoms with Gasteiger partial charge in [-0.3, -0.25) is 4.99 Å². The van der Waals surface area contributed by atoms with Gasteiger partial charge in [-0.05, 0) is 37.3 Å². The Kier molecular flexibility index (Phi) is 8.57. The van der Waals surface area contributed by atoms with Crippen molar-refractivity contribution in [2.45, 2.75) is 40.2 Å². The molecule has 0 amide bonds. The average Bonchev–Trinajstić information content (AvgIpc) is 2.97. The van der Waals surface area contributed by atoms with E-state index in [9.17, 15) is 8.42 Å². The van der Waals surface area contributed by atoms with Crippen LogP contribution in [0, 0.1) is 12.8 Å². The van der Waals surface area contributed by atoms with Crippen LogP contribution >= 0.6 is 0 Å². The van der Waals surface area contributed by atoms with Gasteiger partial charge >= 0.3 is 0 Å². The predicted molar refractivity (Wildman–Crippen MR) is 114 cm³/mol. The maximum absolute atomic E-state index is 11.8. The number of ether oxygens (including phenoxy) is 1. The summed E-state index contributed by atoms with van der Waals surface area (Å²) < 4.78 is 31.2. The fourth-order valence-electron chi connectivity index (χ4n) is 2.99. The first kappa shape index (κ1) is 22.5. The van der Waals surface area contributed by atoms with Crippen molar-refractivity contribution >= 4 is 16.0 Å². The number of hydrogen-bond donors (Lipinski definition) is 2. The van der Waals surface area contributed by atoms with Crippen LogP contribution in [0.15, 0.2) is 23.2 Å². The van der Waals surface area contributed by atoms with Crippen LogP contribution in [-0.2, 0) is 16.6 Å². The van der Waals surface area contributed by atoms with E-state index < -0.39 is 10.0 Å². The Balaban J connectivity index is 1.85. The van der Waals surface area contributed by atoms with Gasteiger partial charge in [0.15, 0.2) is 5.96 Å². The van der Waals surface area contributed by atoms with Gasteiger partial charge in [0, 0.05) is 38.8 Å². The van der Waals surface area contributed by atoms with Crippen molar-refractivity contribution in [1.29, 1.82) is 0 Å². The summed E-state index contributed by atoms with van der Waals surface area (Å²) in [5.41, 5.74) is 2.23. The number of aliphatic imine (C=N–C) groups is 1. The molecule has 1 fully saturated rings. The average molecular weight is 411 g/mol. The Morgan fingerprint density at radius 1 is 1.32 bits per heavy atom. The topological polar surface area (TPSA) is 83.0 Å². The van der Waals surface area contributed by atoms with Crippen molar-refractivity contribution in [2.24, 2.45) is 10.9 Å². The zero-order valence-electron chi connectivity index (χ0n) is 17.5. The zero-order chi connectivity index (χ0) is 20.6. The summed E-state index contributed by atoms with van der Waals surface area (Å²) >= 11 is 0. The summed E-state index contributed by atoms with van der Waals surface area (Å²) in [4.78, 5) is 4.22. The van der Waals surface area contributed by atoms with E-state index in [0.29, 0.717) is 51.1 Å². The van der Waals surface area contributed by atoms with Gasteiger partial charge in [-0.2, -0.15) is 0 Å². The highest BCUT2D eigenvalue weighted by atomic mass is 32.2. The molecule has 7 nitrogen and oxygen atoms in total. The monoisotopic (exact) mass is 410 g/mol. The molecule has 1 aromatic rings. The van der Waals surface area contributed by atoms with Crippen LogP contribution in [0.1, 0.15) is 37.8 Å². The molecule has 0 radical (unpaired) electrons. The lowest BCUT2D eigenvalue weighted by Gasteiger charge is -2.18. The van der Waals surface area contributed by atoms with E-state index in [2.05, 4.69) is 54.6 Å². The molecule has 1 aliphatic rings. The Labute approximate surface area is 169 Å². The first-order valence-electron chi connectivity index (χ1n) is 9.96. The molecule has 0 aliphatic carbocycles. The highest BCUT2D eigenvalue weighted by molar-refractivity contribution is 7.89. The smallest absolute Gasteiger partial charge is 0.214 e. The van der Waals surface area contributed by atoms with Crippen LogP contribution in [-0.4, -0.2) is 57.7 Å². The Hall–Kier alpha value is -1.80. The SMILES string of the molecule is CN=C(NCCN1CCCS1(=O)=O)NCc1ccc(C)cc1OCCC(C)C. The largest absolute Gasteiger partial charge is 0.493 e. The zero-order valence-corrected chi connectivity index (χ0v) is 18.3. The van der Waals surface area contributed by atoms with Crippen LogP contribution in [0.3, 0.4) is 0 Å². The Bertz CT molecular complexity index is 763. The lowest BCUT2D eigenvalue weighted by atomic mass is 10.1. The van der Waals surface area contributed by atoms with Crippen molar-refractivity contribution in [2.75, 3.05) is 39.0 Å². The fraction of sp³-hybridized carbons (Fsp3) is 0.650. The lowest BCUT2D eigenvalue weighted by molar-refractivity contribution is 0.286. The molecular weight excluding hydrogens is 376 g/mol. The van der Waals surface area contributed by atoms with Gasteiger partial charge in [-0.25, -0.2) is 12.7 Å². The number of aryl methyl sites for hydroxylation is 1. The maximum atomic E-state index is 11.8. The van der Waals surface area contributed by atoms with Crippen molar-refractivity contribution in [3.05, 3.63) is 29.3 Å². The highest BCUT2D eigenvalue weighted by Gasteiger charge is 2.27. The quantitative estimate of drug-likeness (QED) is 0.481. The summed E-state index contributed by atoms with van der Waals surface area (Å²) in [5, 5.41) is 6.47. The summed E-state index contributed by atoms with van der Waals surface area (Å²) in [6.07, 6.45) is 1.73. The van der Waals surface area contributed by atoms with Gasteiger partial charge < -0.3 is 15.4 Å². The molecule has 2 rings (SSSR count). The first-order valence-corrected chi connectivity index (χ1v) is 11.6. The lowest BCUT2D eigenvalue weighted by Crippen LogP contribution is -2.41. The minimum Gasteiger partial charge on any atom is -0.493 e.